The summed E-state index contributed by atoms with van der Waals surface area (Å²) in [6.07, 6.45) is 0.897. The number of aromatic nitrogens is 1. The second kappa shape index (κ2) is 4.09. The van der Waals surface area contributed by atoms with E-state index in [1.54, 1.807) is 16.2 Å². The number of nitrogens with zero attached hydrogens (tertiary/aromatic N) is 2. The minimum atomic E-state index is -0.0584. The molecule has 1 aromatic heterocycles. The molecule has 20 heavy (non-hydrogen) atoms. The van der Waals surface area contributed by atoms with E-state index in [2.05, 4.69) is 5.32 Å². The molecule has 6 heteroatoms. The summed E-state index contributed by atoms with van der Waals surface area (Å²) in [5.74, 6) is 0.932. The van der Waals surface area contributed by atoms with Gasteiger partial charge in [0.1, 0.15) is 5.75 Å². The van der Waals surface area contributed by atoms with Crippen LogP contribution >= 0.6 is 11.3 Å². The predicted octanol–water partition coefficient (Wildman–Crippen LogP) is 2.54. The predicted molar refractivity (Wildman–Crippen MR) is 78.8 cm³/mol. The van der Waals surface area contributed by atoms with Gasteiger partial charge in [-0.25, -0.2) is 9.78 Å². The molecule has 0 saturated carbocycles. The Morgan fingerprint density at radius 3 is 3.05 bits per heavy atom. The summed E-state index contributed by atoms with van der Waals surface area (Å²) in [6.45, 7) is 4.78. The standard InChI is InChI=1S/C14H15N3O2S/c1-7-8(2)17(13(18)15-7)14-16-12-9-5-6-19-10(9)3-4-11(12)20-14/h3-4,7-8H,5-6H2,1-2H3,(H,15,18)/t7?,8-/m0/s1. The van der Waals surface area contributed by atoms with Crippen molar-refractivity contribution in [1.82, 2.24) is 10.3 Å². The van der Waals surface area contributed by atoms with Gasteiger partial charge in [-0.3, -0.25) is 4.90 Å². The Labute approximate surface area is 120 Å². The van der Waals surface area contributed by atoms with E-state index in [9.17, 15) is 4.79 Å². The van der Waals surface area contributed by atoms with Gasteiger partial charge in [0, 0.05) is 18.0 Å². The van der Waals surface area contributed by atoms with Crippen molar-refractivity contribution in [3.63, 3.8) is 0 Å². The Bertz CT molecular complexity index is 712. The molecule has 1 aromatic carbocycles. The molecule has 1 N–H and O–H groups in total. The number of carbonyl (C=O) groups is 1. The summed E-state index contributed by atoms with van der Waals surface area (Å²) < 4.78 is 6.69. The highest BCUT2D eigenvalue weighted by molar-refractivity contribution is 7.22. The molecule has 0 aliphatic carbocycles. The average Bonchev–Trinajstić information content (AvgIpc) is 3.07. The fourth-order valence-electron chi connectivity index (χ4n) is 2.82. The third-order valence-corrected chi connectivity index (χ3v) is 5.15. The third-order valence-electron chi connectivity index (χ3n) is 4.13. The smallest absolute Gasteiger partial charge is 0.324 e. The number of benzene rings is 1. The van der Waals surface area contributed by atoms with E-state index in [1.165, 1.54) is 5.56 Å². The number of rotatable bonds is 1. The van der Waals surface area contributed by atoms with E-state index in [1.807, 2.05) is 26.0 Å². The number of carbonyl (C=O) groups excluding carboxylic acids is 1. The van der Waals surface area contributed by atoms with Crippen LogP contribution in [0.1, 0.15) is 19.4 Å². The van der Waals surface area contributed by atoms with E-state index in [4.69, 9.17) is 9.72 Å². The molecule has 0 radical (unpaired) electrons. The van der Waals surface area contributed by atoms with Gasteiger partial charge in [-0.15, -0.1) is 0 Å². The second-order valence-corrected chi connectivity index (χ2v) is 6.34. The fourth-order valence-corrected chi connectivity index (χ4v) is 3.90. The Morgan fingerprint density at radius 2 is 2.30 bits per heavy atom. The Morgan fingerprint density at radius 1 is 1.45 bits per heavy atom. The molecule has 1 fully saturated rings. The van der Waals surface area contributed by atoms with Crippen LogP contribution in [0.3, 0.4) is 0 Å². The van der Waals surface area contributed by atoms with E-state index in [0.29, 0.717) is 0 Å². The van der Waals surface area contributed by atoms with Gasteiger partial charge < -0.3 is 10.1 Å². The first-order chi connectivity index (χ1) is 9.65. The lowest BCUT2D eigenvalue weighted by Gasteiger charge is -2.17. The molecule has 104 valence electrons. The largest absolute Gasteiger partial charge is 0.493 e. The zero-order valence-electron chi connectivity index (χ0n) is 11.3. The summed E-state index contributed by atoms with van der Waals surface area (Å²) in [5.41, 5.74) is 2.16. The van der Waals surface area contributed by atoms with Crippen LogP contribution in [0.2, 0.25) is 0 Å². The number of thiazole rings is 1. The molecule has 2 aromatic rings. The number of anilines is 1. The Kier molecular flexibility index (Phi) is 2.44. The van der Waals surface area contributed by atoms with Gasteiger partial charge in [-0.05, 0) is 26.0 Å². The number of nitrogens with one attached hydrogen (secondary N) is 1. The molecule has 0 bridgehead atoms. The number of amides is 2. The van der Waals surface area contributed by atoms with Crippen molar-refractivity contribution in [1.29, 1.82) is 0 Å². The Balaban J connectivity index is 1.84. The van der Waals surface area contributed by atoms with E-state index >= 15 is 0 Å². The van der Waals surface area contributed by atoms with E-state index < -0.39 is 0 Å². The third kappa shape index (κ3) is 1.54. The van der Waals surface area contributed by atoms with Gasteiger partial charge in [0.25, 0.3) is 0 Å². The molecule has 2 aliphatic rings. The molecule has 2 atom stereocenters. The SMILES string of the molecule is CC1NC(=O)N(c2nc3c4c(ccc3s2)OCC4)[C@H]1C. The lowest BCUT2D eigenvalue weighted by Crippen LogP contribution is -2.33. The number of hydrogen-bond acceptors (Lipinski definition) is 4. The van der Waals surface area contributed by atoms with Crippen LogP contribution in [0, 0.1) is 0 Å². The van der Waals surface area contributed by atoms with Crippen molar-refractivity contribution in [3.05, 3.63) is 17.7 Å². The number of ether oxygens (including phenoxy) is 1. The van der Waals surface area contributed by atoms with Gasteiger partial charge >= 0.3 is 6.03 Å². The number of fused-ring (bicyclic) bond motifs is 3. The van der Waals surface area contributed by atoms with Gasteiger partial charge in [-0.1, -0.05) is 11.3 Å². The van der Waals surface area contributed by atoms with Crippen molar-refractivity contribution in [2.24, 2.45) is 0 Å². The normalized spacial score (nSPS) is 24.9. The van der Waals surface area contributed by atoms with E-state index in [0.717, 1.165) is 34.1 Å². The maximum atomic E-state index is 12.1. The van der Waals surface area contributed by atoms with Gasteiger partial charge in [0.15, 0.2) is 5.13 Å². The molecule has 2 aliphatic heterocycles. The molecule has 1 unspecified atom stereocenters. The molecule has 4 rings (SSSR count). The van der Waals surface area contributed by atoms with Gasteiger partial charge in [-0.2, -0.15) is 0 Å². The van der Waals surface area contributed by atoms with Gasteiger partial charge in [0.2, 0.25) is 0 Å². The fraction of sp³-hybridized carbons (Fsp3) is 0.429. The van der Waals surface area contributed by atoms with Gasteiger partial charge in [0.05, 0.1) is 22.9 Å². The highest BCUT2D eigenvalue weighted by atomic mass is 32.1. The van der Waals surface area contributed by atoms with Crippen molar-refractivity contribution in [2.45, 2.75) is 32.4 Å². The zero-order chi connectivity index (χ0) is 13.9. The first-order valence-corrected chi connectivity index (χ1v) is 7.62. The number of hydrogen-bond donors (Lipinski definition) is 1. The van der Waals surface area contributed by atoms with Crippen molar-refractivity contribution >= 4 is 32.7 Å². The lowest BCUT2D eigenvalue weighted by atomic mass is 10.1. The van der Waals surface area contributed by atoms with Crippen molar-refractivity contribution < 1.29 is 9.53 Å². The molecular weight excluding hydrogens is 274 g/mol. The topological polar surface area (TPSA) is 54.5 Å². The van der Waals surface area contributed by atoms with Crippen molar-refractivity contribution in [3.8, 4) is 5.75 Å². The Hall–Kier alpha value is -1.82. The molecule has 2 amide bonds. The molecule has 5 nitrogen and oxygen atoms in total. The highest BCUT2D eigenvalue weighted by Gasteiger charge is 2.36. The first-order valence-electron chi connectivity index (χ1n) is 6.80. The van der Waals surface area contributed by atoms with E-state index in [-0.39, 0.29) is 18.1 Å². The van der Waals surface area contributed by atoms with Crippen LogP contribution in [0.25, 0.3) is 10.2 Å². The molecule has 3 heterocycles. The minimum Gasteiger partial charge on any atom is -0.493 e. The minimum absolute atomic E-state index is 0.0584. The maximum Gasteiger partial charge on any atom is 0.324 e. The van der Waals surface area contributed by atoms with Crippen LogP contribution < -0.4 is 15.0 Å². The zero-order valence-corrected chi connectivity index (χ0v) is 12.2. The number of urea groups is 1. The summed E-state index contributed by atoms with van der Waals surface area (Å²) in [4.78, 5) is 18.5. The lowest BCUT2D eigenvalue weighted by molar-refractivity contribution is 0.251. The van der Waals surface area contributed by atoms with Crippen LogP contribution in [0.4, 0.5) is 9.93 Å². The highest BCUT2D eigenvalue weighted by Crippen LogP contribution is 2.38. The second-order valence-electron chi connectivity index (χ2n) is 5.33. The van der Waals surface area contributed by atoms with Crippen LogP contribution in [0.5, 0.6) is 5.75 Å². The summed E-state index contributed by atoms with van der Waals surface area (Å²) in [5, 5.41) is 3.71. The van der Waals surface area contributed by atoms with Crippen LogP contribution in [-0.4, -0.2) is 29.7 Å². The molecule has 0 spiro atoms. The quantitative estimate of drug-likeness (QED) is 0.877. The molecular formula is C14H15N3O2S. The monoisotopic (exact) mass is 289 g/mol. The summed E-state index contributed by atoms with van der Waals surface area (Å²) in [6, 6.07) is 4.23. The summed E-state index contributed by atoms with van der Waals surface area (Å²) in [7, 11) is 0. The summed E-state index contributed by atoms with van der Waals surface area (Å²) >= 11 is 1.57. The average molecular weight is 289 g/mol. The van der Waals surface area contributed by atoms with Crippen LogP contribution in [0.15, 0.2) is 12.1 Å². The van der Waals surface area contributed by atoms with Crippen LogP contribution in [-0.2, 0) is 6.42 Å². The first kappa shape index (κ1) is 12.0. The molecule has 1 saturated heterocycles. The van der Waals surface area contributed by atoms with Crippen molar-refractivity contribution in [2.75, 3.05) is 11.5 Å². The maximum absolute atomic E-state index is 12.1.